The number of nitrogens with one attached hydrogen (secondary N) is 1. The minimum absolute atomic E-state index is 0.0908. The van der Waals surface area contributed by atoms with Crippen molar-refractivity contribution < 1.29 is 19.0 Å². The average Bonchev–Trinajstić information content (AvgIpc) is 2.79. The molecule has 0 saturated heterocycles. The van der Waals surface area contributed by atoms with Gasteiger partial charge in [-0.15, -0.1) is 0 Å². The lowest BCUT2D eigenvalue weighted by Gasteiger charge is -2.24. The predicted molar refractivity (Wildman–Crippen MR) is 73.0 cm³/mol. The molecule has 1 atom stereocenters. The highest BCUT2D eigenvalue weighted by Gasteiger charge is 2.30. The van der Waals surface area contributed by atoms with Crippen LogP contribution in [0.25, 0.3) is 0 Å². The van der Waals surface area contributed by atoms with Gasteiger partial charge in [-0.3, -0.25) is 4.79 Å². The SMILES string of the molecule is CC(C)(CCO)CNC(=O)C1Cc2cc(F)ccc2O1. The fourth-order valence-electron chi connectivity index (χ4n) is 2.19. The van der Waals surface area contributed by atoms with Crippen molar-refractivity contribution in [2.45, 2.75) is 32.8 Å². The smallest absolute Gasteiger partial charge is 0.261 e. The van der Waals surface area contributed by atoms with Gasteiger partial charge < -0.3 is 15.2 Å². The van der Waals surface area contributed by atoms with Crippen LogP contribution in [-0.4, -0.2) is 30.3 Å². The highest BCUT2D eigenvalue weighted by atomic mass is 19.1. The number of carbonyl (C=O) groups is 1. The number of ether oxygens (including phenoxy) is 1. The summed E-state index contributed by atoms with van der Waals surface area (Å²) < 4.78 is 18.6. The molecule has 1 aliphatic rings. The van der Waals surface area contributed by atoms with Crippen LogP contribution in [0.3, 0.4) is 0 Å². The highest BCUT2D eigenvalue weighted by Crippen LogP contribution is 2.29. The lowest BCUT2D eigenvalue weighted by molar-refractivity contribution is -0.127. The summed E-state index contributed by atoms with van der Waals surface area (Å²) in [7, 11) is 0. The topological polar surface area (TPSA) is 58.6 Å². The van der Waals surface area contributed by atoms with Crippen LogP contribution in [0.2, 0.25) is 0 Å². The Morgan fingerprint density at radius 1 is 1.55 bits per heavy atom. The Kier molecular flexibility index (Phi) is 4.28. The van der Waals surface area contributed by atoms with Gasteiger partial charge in [0.05, 0.1) is 0 Å². The van der Waals surface area contributed by atoms with Gasteiger partial charge in [-0.25, -0.2) is 4.39 Å². The molecular weight excluding hydrogens is 261 g/mol. The maximum Gasteiger partial charge on any atom is 0.261 e. The minimum atomic E-state index is -0.600. The van der Waals surface area contributed by atoms with E-state index >= 15 is 0 Å². The van der Waals surface area contributed by atoms with Gasteiger partial charge in [0.25, 0.3) is 5.91 Å². The standard InChI is InChI=1S/C15H20FNO3/c1-15(2,5-6-18)9-17-14(19)13-8-10-7-11(16)3-4-12(10)20-13/h3-4,7,13,18H,5-6,8-9H2,1-2H3,(H,17,19). The molecule has 110 valence electrons. The maximum atomic E-state index is 13.1. The summed E-state index contributed by atoms with van der Waals surface area (Å²) in [6, 6.07) is 4.27. The van der Waals surface area contributed by atoms with E-state index in [1.807, 2.05) is 13.8 Å². The van der Waals surface area contributed by atoms with Gasteiger partial charge in [-0.1, -0.05) is 13.8 Å². The van der Waals surface area contributed by atoms with Gasteiger partial charge in [0.15, 0.2) is 6.10 Å². The molecule has 0 aliphatic carbocycles. The molecule has 0 fully saturated rings. The summed E-state index contributed by atoms with van der Waals surface area (Å²) in [5.74, 6) is 0.0475. The van der Waals surface area contributed by atoms with E-state index in [0.29, 0.717) is 25.1 Å². The van der Waals surface area contributed by atoms with Crippen molar-refractivity contribution in [3.8, 4) is 5.75 Å². The number of hydrogen-bond donors (Lipinski definition) is 2. The first-order chi connectivity index (χ1) is 9.41. The Balaban J connectivity index is 1.90. The van der Waals surface area contributed by atoms with E-state index in [-0.39, 0.29) is 23.7 Å². The summed E-state index contributed by atoms with van der Waals surface area (Å²) in [5.41, 5.74) is 0.557. The van der Waals surface area contributed by atoms with Gasteiger partial charge in [0.1, 0.15) is 11.6 Å². The van der Waals surface area contributed by atoms with Crippen molar-refractivity contribution in [1.82, 2.24) is 5.32 Å². The minimum Gasteiger partial charge on any atom is -0.480 e. The van der Waals surface area contributed by atoms with E-state index in [1.165, 1.54) is 12.1 Å². The fraction of sp³-hybridized carbons (Fsp3) is 0.533. The molecule has 0 bridgehead atoms. The average molecular weight is 281 g/mol. The predicted octanol–water partition coefficient (Wildman–Crippen LogP) is 1.65. The molecule has 5 heteroatoms. The second-order valence-electron chi connectivity index (χ2n) is 5.92. The van der Waals surface area contributed by atoms with Crippen LogP contribution >= 0.6 is 0 Å². The van der Waals surface area contributed by atoms with E-state index in [4.69, 9.17) is 9.84 Å². The van der Waals surface area contributed by atoms with Crippen molar-refractivity contribution in [3.63, 3.8) is 0 Å². The van der Waals surface area contributed by atoms with E-state index in [2.05, 4.69) is 5.32 Å². The molecule has 20 heavy (non-hydrogen) atoms. The number of amides is 1. The number of benzene rings is 1. The molecular formula is C15H20FNO3. The van der Waals surface area contributed by atoms with E-state index < -0.39 is 6.10 Å². The highest BCUT2D eigenvalue weighted by molar-refractivity contribution is 5.82. The second kappa shape index (κ2) is 5.79. The van der Waals surface area contributed by atoms with Crippen LogP contribution in [-0.2, 0) is 11.2 Å². The van der Waals surface area contributed by atoms with E-state index in [1.54, 1.807) is 6.07 Å². The largest absolute Gasteiger partial charge is 0.480 e. The number of halogens is 1. The van der Waals surface area contributed by atoms with Crippen molar-refractivity contribution in [2.75, 3.05) is 13.2 Å². The van der Waals surface area contributed by atoms with Gasteiger partial charge in [0, 0.05) is 25.1 Å². The maximum absolute atomic E-state index is 13.1. The van der Waals surface area contributed by atoms with Gasteiger partial charge in [0.2, 0.25) is 0 Å². The third kappa shape index (κ3) is 3.48. The summed E-state index contributed by atoms with van der Waals surface area (Å²) in [5, 5.41) is 11.8. The molecule has 1 amide bonds. The number of hydrogen-bond acceptors (Lipinski definition) is 3. The number of aliphatic hydroxyl groups is 1. The zero-order valence-electron chi connectivity index (χ0n) is 11.8. The second-order valence-corrected chi connectivity index (χ2v) is 5.92. The van der Waals surface area contributed by atoms with Crippen LogP contribution in [0.4, 0.5) is 4.39 Å². The van der Waals surface area contributed by atoms with Crippen LogP contribution in [0, 0.1) is 11.2 Å². The first-order valence-electron chi connectivity index (χ1n) is 6.75. The molecule has 2 rings (SSSR count). The molecule has 4 nitrogen and oxygen atoms in total. The van der Waals surface area contributed by atoms with Gasteiger partial charge in [-0.05, 0) is 30.0 Å². The Morgan fingerprint density at radius 2 is 2.30 bits per heavy atom. The quantitative estimate of drug-likeness (QED) is 0.863. The van der Waals surface area contributed by atoms with Crippen molar-refractivity contribution in [2.24, 2.45) is 5.41 Å². The zero-order valence-corrected chi connectivity index (χ0v) is 11.8. The van der Waals surface area contributed by atoms with Crippen molar-refractivity contribution in [3.05, 3.63) is 29.6 Å². The third-order valence-electron chi connectivity index (χ3n) is 3.52. The van der Waals surface area contributed by atoms with Gasteiger partial charge in [-0.2, -0.15) is 0 Å². The fourth-order valence-corrected chi connectivity index (χ4v) is 2.19. The first-order valence-corrected chi connectivity index (χ1v) is 6.75. The van der Waals surface area contributed by atoms with E-state index in [9.17, 15) is 9.18 Å². The van der Waals surface area contributed by atoms with E-state index in [0.717, 1.165) is 5.56 Å². The normalized spacial score (nSPS) is 17.5. The molecule has 2 N–H and O–H groups in total. The molecule has 1 heterocycles. The lowest BCUT2D eigenvalue weighted by atomic mass is 9.89. The van der Waals surface area contributed by atoms with Crippen LogP contribution < -0.4 is 10.1 Å². The molecule has 1 aliphatic heterocycles. The molecule has 1 aromatic rings. The molecule has 0 spiro atoms. The van der Waals surface area contributed by atoms with Crippen LogP contribution in [0.5, 0.6) is 5.75 Å². The Bertz CT molecular complexity index is 502. The van der Waals surface area contributed by atoms with Crippen molar-refractivity contribution in [1.29, 1.82) is 0 Å². The van der Waals surface area contributed by atoms with Crippen molar-refractivity contribution >= 4 is 5.91 Å². The summed E-state index contributed by atoms with van der Waals surface area (Å²) >= 11 is 0. The third-order valence-corrected chi connectivity index (χ3v) is 3.52. The number of aliphatic hydroxyl groups excluding tert-OH is 1. The van der Waals surface area contributed by atoms with Crippen LogP contribution in [0.15, 0.2) is 18.2 Å². The number of rotatable bonds is 5. The van der Waals surface area contributed by atoms with Gasteiger partial charge >= 0.3 is 0 Å². The zero-order chi connectivity index (χ0) is 14.8. The summed E-state index contributed by atoms with van der Waals surface area (Å²) in [6.45, 7) is 4.51. The monoisotopic (exact) mass is 281 g/mol. The Hall–Kier alpha value is -1.62. The summed E-state index contributed by atoms with van der Waals surface area (Å²) in [6.07, 6.45) is 0.403. The van der Waals surface area contributed by atoms with Crippen LogP contribution in [0.1, 0.15) is 25.8 Å². The molecule has 1 aromatic carbocycles. The molecule has 1 unspecified atom stereocenters. The summed E-state index contributed by atoms with van der Waals surface area (Å²) in [4.78, 5) is 12.1. The number of fused-ring (bicyclic) bond motifs is 1. The Morgan fingerprint density at radius 3 is 3.00 bits per heavy atom. The number of carbonyl (C=O) groups excluding carboxylic acids is 1. The molecule has 0 aromatic heterocycles. The first kappa shape index (κ1) is 14.8. The molecule has 0 radical (unpaired) electrons. The molecule has 0 saturated carbocycles. The Labute approximate surface area is 117 Å². The lowest BCUT2D eigenvalue weighted by Crippen LogP contribution is -2.42.